The van der Waals surface area contributed by atoms with Crippen LogP contribution >= 0.6 is 0 Å². The number of aromatic nitrogens is 4. The Balaban J connectivity index is 2.00. The van der Waals surface area contributed by atoms with Gasteiger partial charge in [-0.3, -0.25) is 9.97 Å². The third kappa shape index (κ3) is 2.25. The number of nitrogen functional groups attached to an aromatic ring is 1. The molecule has 100 valence electrons. The van der Waals surface area contributed by atoms with Gasteiger partial charge in [0.25, 0.3) is 0 Å². The lowest BCUT2D eigenvalue weighted by molar-refractivity contribution is 0.773. The maximum Gasteiger partial charge on any atom is 0.0954 e. The fourth-order valence-electron chi connectivity index (χ4n) is 2.14. The van der Waals surface area contributed by atoms with Crippen molar-refractivity contribution >= 4 is 5.69 Å². The molecule has 0 bridgehead atoms. The second kappa shape index (κ2) is 5.13. The first-order valence-corrected chi connectivity index (χ1v) is 6.36. The van der Waals surface area contributed by atoms with E-state index in [0.29, 0.717) is 12.2 Å². The molecule has 3 rings (SSSR count). The third-order valence-electron chi connectivity index (χ3n) is 3.28. The summed E-state index contributed by atoms with van der Waals surface area (Å²) in [5.41, 5.74) is 10.7. The van der Waals surface area contributed by atoms with Crippen molar-refractivity contribution in [2.75, 3.05) is 5.73 Å². The van der Waals surface area contributed by atoms with E-state index in [0.717, 1.165) is 22.5 Å². The molecule has 0 saturated carbocycles. The Bertz CT molecular complexity index is 732. The fourth-order valence-corrected chi connectivity index (χ4v) is 2.14. The Morgan fingerprint density at radius 1 is 1.15 bits per heavy atom. The van der Waals surface area contributed by atoms with Gasteiger partial charge in [-0.2, -0.15) is 0 Å². The Morgan fingerprint density at radius 2 is 2.05 bits per heavy atom. The standard InChI is InChI=1S/C15H15N5/c1-11-3-2-5-19-14(11)9-20-10-18-8-15(20)12-7-17-6-4-13(12)16/h2-8,10H,9H2,1H3,(H2,16,17). The van der Waals surface area contributed by atoms with Crippen molar-refractivity contribution in [2.24, 2.45) is 0 Å². The zero-order chi connectivity index (χ0) is 13.9. The smallest absolute Gasteiger partial charge is 0.0954 e. The van der Waals surface area contributed by atoms with E-state index in [1.54, 1.807) is 37.2 Å². The second-order valence-electron chi connectivity index (χ2n) is 4.64. The molecule has 0 amide bonds. The molecule has 0 radical (unpaired) electrons. The summed E-state index contributed by atoms with van der Waals surface area (Å²) in [5, 5.41) is 0. The van der Waals surface area contributed by atoms with Crippen molar-refractivity contribution in [2.45, 2.75) is 13.5 Å². The average Bonchev–Trinajstić information content (AvgIpc) is 2.90. The van der Waals surface area contributed by atoms with Crippen LogP contribution in [0.4, 0.5) is 5.69 Å². The molecule has 0 aliphatic rings. The van der Waals surface area contributed by atoms with Crippen LogP contribution in [0.2, 0.25) is 0 Å². The van der Waals surface area contributed by atoms with Crippen molar-refractivity contribution < 1.29 is 0 Å². The first kappa shape index (κ1) is 12.3. The monoisotopic (exact) mass is 265 g/mol. The molecule has 0 saturated heterocycles. The van der Waals surface area contributed by atoms with Crippen LogP contribution in [0.25, 0.3) is 11.3 Å². The molecular formula is C15H15N5. The topological polar surface area (TPSA) is 69.6 Å². The molecule has 0 spiro atoms. The highest BCUT2D eigenvalue weighted by molar-refractivity contribution is 5.72. The van der Waals surface area contributed by atoms with E-state index in [4.69, 9.17) is 5.73 Å². The molecule has 20 heavy (non-hydrogen) atoms. The molecule has 5 heteroatoms. The van der Waals surface area contributed by atoms with Crippen molar-refractivity contribution in [3.63, 3.8) is 0 Å². The first-order valence-electron chi connectivity index (χ1n) is 6.36. The van der Waals surface area contributed by atoms with Crippen LogP contribution < -0.4 is 5.73 Å². The molecule has 5 nitrogen and oxygen atoms in total. The normalized spacial score (nSPS) is 10.7. The van der Waals surface area contributed by atoms with Crippen molar-refractivity contribution in [1.29, 1.82) is 0 Å². The van der Waals surface area contributed by atoms with Crippen LogP contribution in [-0.4, -0.2) is 19.5 Å². The van der Waals surface area contributed by atoms with Crippen LogP contribution in [0.1, 0.15) is 11.3 Å². The molecule has 0 fully saturated rings. The fraction of sp³-hybridized carbons (Fsp3) is 0.133. The molecule has 0 aliphatic heterocycles. The summed E-state index contributed by atoms with van der Waals surface area (Å²) < 4.78 is 2.03. The Hall–Kier alpha value is -2.69. The number of imidazole rings is 1. The van der Waals surface area contributed by atoms with Gasteiger partial charge in [-0.1, -0.05) is 6.07 Å². The van der Waals surface area contributed by atoms with Gasteiger partial charge in [0.1, 0.15) is 0 Å². The largest absolute Gasteiger partial charge is 0.398 e. The molecule has 3 aromatic heterocycles. The number of hydrogen-bond donors (Lipinski definition) is 1. The summed E-state index contributed by atoms with van der Waals surface area (Å²) in [6, 6.07) is 5.78. The summed E-state index contributed by atoms with van der Waals surface area (Å²) in [4.78, 5) is 12.8. The van der Waals surface area contributed by atoms with E-state index < -0.39 is 0 Å². The minimum atomic E-state index is 0.663. The lowest BCUT2D eigenvalue weighted by Crippen LogP contribution is -2.05. The van der Waals surface area contributed by atoms with Gasteiger partial charge in [-0.15, -0.1) is 0 Å². The van der Waals surface area contributed by atoms with Gasteiger partial charge in [-0.05, 0) is 24.6 Å². The number of rotatable bonds is 3. The second-order valence-corrected chi connectivity index (χ2v) is 4.64. The molecule has 0 atom stereocenters. The van der Waals surface area contributed by atoms with Gasteiger partial charge < -0.3 is 10.3 Å². The van der Waals surface area contributed by atoms with E-state index in [9.17, 15) is 0 Å². The molecule has 3 aromatic rings. The Morgan fingerprint density at radius 3 is 2.85 bits per heavy atom. The van der Waals surface area contributed by atoms with E-state index in [1.165, 1.54) is 0 Å². The van der Waals surface area contributed by atoms with E-state index in [2.05, 4.69) is 27.9 Å². The van der Waals surface area contributed by atoms with Crippen molar-refractivity contribution in [1.82, 2.24) is 19.5 Å². The maximum absolute atomic E-state index is 6.01. The predicted octanol–water partition coefficient (Wildman–Crippen LogP) is 2.28. The molecule has 0 aromatic carbocycles. The lowest BCUT2D eigenvalue weighted by Gasteiger charge is -2.10. The summed E-state index contributed by atoms with van der Waals surface area (Å²) in [6.45, 7) is 2.72. The SMILES string of the molecule is Cc1cccnc1Cn1cncc1-c1cnccc1N. The molecule has 0 aliphatic carbocycles. The number of pyridine rings is 2. The van der Waals surface area contributed by atoms with E-state index >= 15 is 0 Å². The van der Waals surface area contributed by atoms with Gasteiger partial charge >= 0.3 is 0 Å². The highest BCUT2D eigenvalue weighted by atomic mass is 15.1. The number of nitrogens with zero attached hydrogens (tertiary/aromatic N) is 4. The van der Waals surface area contributed by atoms with Crippen LogP contribution in [0.3, 0.4) is 0 Å². The van der Waals surface area contributed by atoms with Crippen LogP contribution in [-0.2, 0) is 6.54 Å². The minimum Gasteiger partial charge on any atom is -0.398 e. The molecule has 0 unspecified atom stereocenters. The third-order valence-corrected chi connectivity index (χ3v) is 3.28. The summed E-state index contributed by atoms with van der Waals surface area (Å²) >= 11 is 0. The number of aryl methyl sites for hydroxylation is 1. The van der Waals surface area contributed by atoms with E-state index in [1.807, 2.05) is 10.6 Å². The number of hydrogen-bond acceptors (Lipinski definition) is 4. The van der Waals surface area contributed by atoms with Gasteiger partial charge in [0.15, 0.2) is 0 Å². The summed E-state index contributed by atoms with van der Waals surface area (Å²) in [6.07, 6.45) is 8.83. The zero-order valence-corrected chi connectivity index (χ0v) is 11.2. The van der Waals surface area contributed by atoms with E-state index in [-0.39, 0.29) is 0 Å². The van der Waals surface area contributed by atoms with Crippen LogP contribution in [0.15, 0.2) is 49.3 Å². The maximum atomic E-state index is 6.01. The quantitative estimate of drug-likeness (QED) is 0.788. The lowest BCUT2D eigenvalue weighted by atomic mass is 10.1. The van der Waals surface area contributed by atoms with Gasteiger partial charge in [0, 0.05) is 29.8 Å². The number of anilines is 1. The number of nitrogens with two attached hydrogens (primary N) is 1. The molecule has 3 heterocycles. The predicted molar refractivity (Wildman–Crippen MR) is 77.9 cm³/mol. The highest BCUT2D eigenvalue weighted by Crippen LogP contribution is 2.24. The van der Waals surface area contributed by atoms with Crippen LogP contribution in [0, 0.1) is 6.92 Å². The summed E-state index contributed by atoms with van der Waals surface area (Å²) in [5.74, 6) is 0. The molecular weight excluding hydrogens is 250 g/mol. The van der Waals surface area contributed by atoms with Gasteiger partial charge in [-0.25, -0.2) is 4.98 Å². The van der Waals surface area contributed by atoms with Gasteiger partial charge in [0.05, 0.1) is 30.5 Å². The van der Waals surface area contributed by atoms with Gasteiger partial charge in [0.2, 0.25) is 0 Å². The van der Waals surface area contributed by atoms with Crippen molar-refractivity contribution in [3.8, 4) is 11.3 Å². The Labute approximate surface area is 117 Å². The molecule has 2 N–H and O–H groups in total. The highest BCUT2D eigenvalue weighted by Gasteiger charge is 2.10. The first-order chi connectivity index (χ1) is 9.75. The average molecular weight is 265 g/mol. The van der Waals surface area contributed by atoms with Crippen molar-refractivity contribution in [3.05, 3.63) is 60.6 Å². The summed E-state index contributed by atoms with van der Waals surface area (Å²) in [7, 11) is 0. The Kier molecular flexibility index (Phi) is 3.16. The zero-order valence-electron chi connectivity index (χ0n) is 11.2. The van der Waals surface area contributed by atoms with Crippen LogP contribution in [0.5, 0.6) is 0 Å². The minimum absolute atomic E-state index is 0.663.